The molecule has 3 nitrogen and oxygen atoms in total. The largest absolute Gasteiger partial charge is 0.390 e. The van der Waals surface area contributed by atoms with Crippen molar-refractivity contribution in [1.29, 1.82) is 0 Å². The summed E-state index contributed by atoms with van der Waals surface area (Å²) >= 11 is 0. The number of aliphatic hydroxyl groups is 1. The van der Waals surface area contributed by atoms with Crippen molar-refractivity contribution in [3.8, 4) is 0 Å². The molecule has 1 aromatic rings. The lowest BCUT2D eigenvalue weighted by atomic mass is 9.58. The van der Waals surface area contributed by atoms with E-state index in [1.54, 1.807) is 0 Å². The lowest BCUT2D eigenvalue weighted by Crippen LogP contribution is -2.38. The first kappa shape index (κ1) is 13.9. The van der Waals surface area contributed by atoms with E-state index in [1.807, 2.05) is 20.0 Å². The monoisotopic (exact) mass is 275 g/mol. The van der Waals surface area contributed by atoms with Crippen molar-refractivity contribution in [3.05, 3.63) is 23.1 Å². The van der Waals surface area contributed by atoms with E-state index in [1.165, 1.54) is 30.4 Å². The summed E-state index contributed by atoms with van der Waals surface area (Å²) in [5.41, 5.74) is 2.43. The molecule has 20 heavy (non-hydrogen) atoms. The Morgan fingerprint density at radius 3 is 3.05 bits per heavy atom. The molecule has 1 aromatic heterocycles. The van der Waals surface area contributed by atoms with Crippen LogP contribution in [0.2, 0.25) is 0 Å². The first-order valence-corrected chi connectivity index (χ1v) is 7.75. The van der Waals surface area contributed by atoms with Crippen molar-refractivity contribution < 1.29 is 9.63 Å². The van der Waals surface area contributed by atoms with Crippen molar-refractivity contribution in [1.82, 2.24) is 5.16 Å². The highest BCUT2D eigenvalue weighted by Crippen LogP contribution is 2.52. The summed E-state index contributed by atoms with van der Waals surface area (Å²) in [7, 11) is 0. The molecule has 2 aliphatic carbocycles. The van der Waals surface area contributed by atoms with Gasteiger partial charge in [-0.15, -0.1) is 0 Å². The summed E-state index contributed by atoms with van der Waals surface area (Å²) in [5, 5.41) is 14.0. The Balaban J connectivity index is 1.84. The van der Waals surface area contributed by atoms with Gasteiger partial charge in [0, 0.05) is 5.56 Å². The summed E-state index contributed by atoms with van der Waals surface area (Å²) in [5.74, 6) is 1.61. The van der Waals surface area contributed by atoms with Crippen molar-refractivity contribution in [2.24, 2.45) is 11.3 Å². The lowest BCUT2D eigenvalue weighted by molar-refractivity contribution is 0.0499. The Kier molecular flexibility index (Phi) is 3.28. The fourth-order valence-electron chi connectivity index (χ4n) is 3.97. The van der Waals surface area contributed by atoms with Gasteiger partial charge >= 0.3 is 0 Å². The average Bonchev–Trinajstić information content (AvgIpc) is 2.78. The van der Waals surface area contributed by atoms with E-state index < -0.39 is 5.60 Å². The highest BCUT2D eigenvalue weighted by atomic mass is 16.5. The fourth-order valence-corrected chi connectivity index (χ4v) is 3.97. The van der Waals surface area contributed by atoms with Crippen molar-refractivity contribution >= 4 is 6.08 Å². The van der Waals surface area contributed by atoms with E-state index in [4.69, 9.17) is 4.52 Å². The predicted octanol–water partition coefficient (Wildman–Crippen LogP) is 3.97. The van der Waals surface area contributed by atoms with Crippen LogP contribution in [0.3, 0.4) is 0 Å². The third-order valence-corrected chi connectivity index (χ3v) is 5.28. The second-order valence-corrected chi connectivity index (χ2v) is 7.42. The molecule has 0 saturated heterocycles. The molecule has 0 bridgehead atoms. The molecule has 2 atom stereocenters. The molecular weight excluding hydrogens is 250 g/mol. The quantitative estimate of drug-likeness (QED) is 0.907. The smallest absolute Gasteiger partial charge is 0.162 e. The molecule has 2 aliphatic rings. The SMILES string of the molecule is CC(C)(O)CC[C@H]1CCCC2=Cc3oncc3C[C@@]21C. The first-order valence-electron chi connectivity index (χ1n) is 7.75. The number of rotatable bonds is 3. The van der Waals surface area contributed by atoms with E-state index in [0.29, 0.717) is 5.92 Å². The fraction of sp³-hybridized carbons (Fsp3) is 0.706. The van der Waals surface area contributed by atoms with Crippen LogP contribution in [0, 0.1) is 11.3 Å². The molecule has 0 aromatic carbocycles. The van der Waals surface area contributed by atoms with Crippen LogP contribution in [0.5, 0.6) is 0 Å². The first-order chi connectivity index (χ1) is 9.38. The highest BCUT2D eigenvalue weighted by Gasteiger charge is 2.43. The molecule has 1 heterocycles. The van der Waals surface area contributed by atoms with Crippen LogP contribution in [0.15, 0.2) is 16.3 Å². The zero-order valence-electron chi connectivity index (χ0n) is 12.8. The van der Waals surface area contributed by atoms with Gasteiger partial charge in [0.1, 0.15) is 0 Å². The van der Waals surface area contributed by atoms with Crippen LogP contribution in [0.4, 0.5) is 0 Å². The van der Waals surface area contributed by atoms with Gasteiger partial charge in [0.15, 0.2) is 5.76 Å². The number of fused-ring (bicyclic) bond motifs is 2. The third kappa shape index (κ3) is 2.44. The van der Waals surface area contributed by atoms with Gasteiger partial charge in [0.05, 0.1) is 11.8 Å². The minimum atomic E-state index is -0.561. The standard InChI is InChI=1S/C17H25NO2/c1-16(2,19)8-7-13-5-4-6-14-9-15-12(11-18-20-15)10-17(13,14)3/h9,11,13,19H,4-8,10H2,1-3H3/t13-,17-/m1/s1. The zero-order valence-corrected chi connectivity index (χ0v) is 12.8. The minimum absolute atomic E-state index is 0.224. The number of hydrogen-bond acceptors (Lipinski definition) is 3. The van der Waals surface area contributed by atoms with Crippen LogP contribution >= 0.6 is 0 Å². The maximum Gasteiger partial charge on any atom is 0.162 e. The van der Waals surface area contributed by atoms with Gasteiger partial charge in [0.25, 0.3) is 0 Å². The van der Waals surface area contributed by atoms with Gasteiger partial charge in [-0.05, 0) is 69.8 Å². The number of allylic oxidation sites excluding steroid dienone is 1. The van der Waals surface area contributed by atoms with E-state index in [2.05, 4.69) is 18.2 Å². The van der Waals surface area contributed by atoms with Crippen LogP contribution in [-0.2, 0) is 6.42 Å². The molecule has 0 amide bonds. The minimum Gasteiger partial charge on any atom is -0.390 e. The van der Waals surface area contributed by atoms with E-state index in [9.17, 15) is 5.11 Å². The summed E-state index contributed by atoms with van der Waals surface area (Å²) in [6.07, 6.45) is 10.8. The normalized spacial score (nSPS) is 29.6. The van der Waals surface area contributed by atoms with Crippen LogP contribution < -0.4 is 0 Å². The molecule has 1 fully saturated rings. The summed E-state index contributed by atoms with van der Waals surface area (Å²) in [6.45, 7) is 6.21. The topological polar surface area (TPSA) is 46.3 Å². The molecule has 0 aliphatic heterocycles. The van der Waals surface area contributed by atoms with Gasteiger partial charge in [-0.25, -0.2) is 0 Å². The predicted molar refractivity (Wildman–Crippen MR) is 79.2 cm³/mol. The van der Waals surface area contributed by atoms with Crippen LogP contribution in [-0.4, -0.2) is 15.9 Å². The average molecular weight is 275 g/mol. The Morgan fingerprint density at radius 2 is 2.30 bits per heavy atom. The zero-order chi connectivity index (χ0) is 14.4. The number of nitrogens with zero attached hydrogens (tertiary/aromatic N) is 1. The molecule has 1 N–H and O–H groups in total. The van der Waals surface area contributed by atoms with Crippen LogP contribution in [0.1, 0.15) is 64.2 Å². The molecule has 3 rings (SSSR count). The maximum absolute atomic E-state index is 10.0. The molecule has 0 spiro atoms. The molecular formula is C17H25NO2. The van der Waals surface area contributed by atoms with Gasteiger partial charge in [0.2, 0.25) is 0 Å². The van der Waals surface area contributed by atoms with E-state index in [-0.39, 0.29) is 5.41 Å². The Bertz CT molecular complexity index is 523. The van der Waals surface area contributed by atoms with E-state index >= 15 is 0 Å². The van der Waals surface area contributed by atoms with Gasteiger partial charge in [-0.2, -0.15) is 0 Å². The van der Waals surface area contributed by atoms with Gasteiger partial charge < -0.3 is 9.63 Å². The van der Waals surface area contributed by atoms with Crippen LogP contribution in [0.25, 0.3) is 6.08 Å². The maximum atomic E-state index is 10.0. The van der Waals surface area contributed by atoms with Gasteiger partial charge in [-0.3, -0.25) is 0 Å². The molecule has 110 valence electrons. The Morgan fingerprint density at radius 1 is 1.50 bits per heavy atom. The molecule has 0 radical (unpaired) electrons. The second-order valence-electron chi connectivity index (χ2n) is 7.42. The van der Waals surface area contributed by atoms with Gasteiger partial charge in [-0.1, -0.05) is 17.7 Å². The molecule has 1 saturated carbocycles. The molecule has 3 heteroatoms. The second kappa shape index (κ2) is 4.73. The van der Waals surface area contributed by atoms with E-state index in [0.717, 1.165) is 25.0 Å². The van der Waals surface area contributed by atoms with Crippen molar-refractivity contribution in [2.75, 3.05) is 0 Å². The van der Waals surface area contributed by atoms with Crippen molar-refractivity contribution in [2.45, 2.75) is 64.9 Å². The Hall–Kier alpha value is -1.09. The number of aromatic nitrogens is 1. The third-order valence-electron chi connectivity index (χ3n) is 5.28. The summed E-state index contributed by atoms with van der Waals surface area (Å²) < 4.78 is 5.33. The highest BCUT2D eigenvalue weighted by molar-refractivity contribution is 5.57. The summed E-state index contributed by atoms with van der Waals surface area (Å²) in [6, 6.07) is 0. The van der Waals surface area contributed by atoms with Crippen molar-refractivity contribution in [3.63, 3.8) is 0 Å². The lowest BCUT2D eigenvalue weighted by Gasteiger charge is -2.46. The molecule has 0 unspecified atom stereocenters. The summed E-state index contributed by atoms with van der Waals surface area (Å²) in [4.78, 5) is 0. The Labute approximate surface area is 121 Å². The number of hydrogen-bond donors (Lipinski definition) is 1.